The molecule has 0 aliphatic carbocycles. The van der Waals surface area contributed by atoms with Crippen molar-refractivity contribution < 1.29 is 19.5 Å². The molecule has 1 saturated heterocycles. The molecule has 6 nitrogen and oxygen atoms in total. The highest BCUT2D eigenvalue weighted by Crippen LogP contribution is 2.20. The minimum atomic E-state index is -0.945. The van der Waals surface area contributed by atoms with Crippen molar-refractivity contribution in [1.29, 1.82) is 0 Å². The van der Waals surface area contributed by atoms with Crippen molar-refractivity contribution >= 4 is 17.8 Å². The monoisotopic (exact) mass is 262 g/mol. The van der Waals surface area contributed by atoms with Gasteiger partial charge in [-0.1, -0.05) is 12.1 Å². The van der Waals surface area contributed by atoms with Crippen molar-refractivity contribution in [2.75, 3.05) is 6.54 Å². The van der Waals surface area contributed by atoms with Crippen LogP contribution in [-0.2, 0) is 16.1 Å². The lowest BCUT2D eigenvalue weighted by molar-refractivity contribution is -0.141. The molecular formula is C13H14N2O4. The second-order valence-electron chi connectivity index (χ2n) is 4.57. The minimum absolute atomic E-state index is 0.0503. The van der Waals surface area contributed by atoms with E-state index < -0.39 is 17.8 Å². The third kappa shape index (κ3) is 2.90. The predicted molar refractivity (Wildman–Crippen MR) is 66.1 cm³/mol. The summed E-state index contributed by atoms with van der Waals surface area (Å²) in [6.45, 7) is 0.577. The van der Waals surface area contributed by atoms with Gasteiger partial charge >= 0.3 is 5.97 Å². The highest BCUT2D eigenvalue weighted by Gasteiger charge is 2.33. The van der Waals surface area contributed by atoms with Crippen LogP contribution in [0.15, 0.2) is 24.3 Å². The summed E-state index contributed by atoms with van der Waals surface area (Å²) in [5.41, 5.74) is 6.37. The molecule has 0 aromatic heterocycles. The highest BCUT2D eigenvalue weighted by atomic mass is 16.4. The summed E-state index contributed by atoms with van der Waals surface area (Å²) < 4.78 is 0. The Morgan fingerprint density at radius 2 is 1.95 bits per heavy atom. The number of benzene rings is 1. The van der Waals surface area contributed by atoms with Gasteiger partial charge in [0.2, 0.25) is 11.8 Å². The van der Waals surface area contributed by atoms with E-state index in [0.29, 0.717) is 12.1 Å². The van der Waals surface area contributed by atoms with Gasteiger partial charge in [0.05, 0.1) is 5.92 Å². The van der Waals surface area contributed by atoms with E-state index in [0.717, 1.165) is 5.56 Å². The molecular weight excluding hydrogens is 248 g/mol. The fourth-order valence-corrected chi connectivity index (χ4v) is 2.09. The third-order valence-electron chi connectivity index (χ3n) is 3.18. The molecule has 1 unspecified atom stereocenters. The van der Waals surface area contributed by atoms with E-state index in [1.54, 1.807) is 24.3 Å². The standard InChI is InChI=1S/C13H14N2O4/c14-12(17)9-3-1-8(2-4-9)6-15-7-10(13(18)19)5-11(15)16/h1-4,10H,5-7H2,(H2,14,17)(H,18,19). The van der Waals surface area contributed by atoms with Gasteiger partial charge in [-0.3, -0.25) is 14.4 Å². The Labute approximate surface area is 109 Å². The third-order valence-corrected chi connectivity index (χ3v) is 3.18. The molecule has 1 aromatic rings. The van der Waals surface area contributed by atoms with E-state index in [2.05, 4.69) is 0 Å². The highest BCUT2D eigenvalue weighted by molar-refractivity contribution is 5.92. The van der Waals surface area contributed by atoms with Crippen molar-refractivity contribution in [2.45, 2.75) is 13.0 Å². The van der Waals surface area contributed by atoms with Gasteiger partial charge in [0.15, 0.2) is 0 Å². The predicted octanol–water partition coefficient (Wildman–Crippen LogP) is 0.219. The van der Waals surface area contributed by atoms with Crippen molar-refractivity contribution in [3.05, 3.63) is 35.4 Å². The summed E-state index contributed by atoms with van der Waals surface area (Å²) in [4.78, 5) is 34.9. The van der Waals surface area contributed by atoms with Gasteiger partial charge in [-0.15, -0.1) is 0 Å². The molecule has 1 aromatic carbocycles. The van der Waals surface area contributed by atoms with Gasteiger partial charge in [0.1, 0.15) is 0 Å². The van der Waals surface area contributed by atoms with E-state index in [1.165, 1.54) is 4.90 Å². The fraction of sp³-hybridized carbons (Fsp3) is 0.308. The van der Waals surface area contributed by atoms with Gasteiger partial charge in [-0.25, -0.2) is 0 Å². The van der Waals surface area contributed by atoms with Crippen molar-refractivity contribution in [3.63, 3.8) is 0 Å². The Balaban J connectivity index is 2.03. The second kappa shape index (κ2) is 5.09. The number of hydrogen-bond donors (Lipinski definition) is 2. The summed E-state index contributed by atoms with van der Waals surface area (Å²) in [5.74, 6) is -2.24. The van der Waals surface area contributed by atoms with Crippen LogP contribution >= 0.6 is 0 Å². The van der Waals surface area contributed by atoms with Crippen LogP contribution in [0.3, 0.4) is 0 Å². The van der Waals surface area contributed by atoms with E-state index in [-0.39, 0.29) is 18.9 Å². The molecule has 1 aliphatic heterocycles. The maximum absolute atomic E-state index is 11.7. The average Bonchev–Trinajstić information content (AvgIpc) is 2.72. The van der Waals surface area contributed by atoms with Gasteiger partial charge in [0.25, 0.3) is 0 Å². The number of amides is 2. The molecule has 2 rings (SSSR count). The number of nitrogens with zero attached hydrogens (tertiary/aromatic N) is 1. The lowest BCUT2D eigenvalue weighted by Crippen LogP contribution is -2.25. The Kier molecular flexibility index (Phi) is 3.50. The van der Waals surface area contributed by atoms with Gasteiger partial charge in [-0.05, 0) is 17.7 Å². The Hall–Kier alpha value is -2.37. The van der Waals surface area contributed by atoms with Gasteiger partial charge in [0, 0.05) is 25.1 Å². The lowest BCUT2D eigenvalue weighted by atomic mass is 10.1. The first-order chi connectivity index (χ1) is 8.97. The molecule has 0 saturated carbocycles. The average molecular weight is 262 g/mol. The molecule has 0 radical (unpaired) electrons. The maximum Gasteiger partial charge on any atom is 0.308 e. The lowest BCUT2D eigenvalue weighted by Gasteiger charge is -2.16. The van der Waals surface area contributed by atoms with Crippen LogP contribution in [0.1, 0.15) is 22.3 Å². The van der Waals surface area contributed by atoms with E-state index in [1.807, 2.05) is 0 Å². The molecule has 0 spiro atoms. The molecule has 1 atom stereocenters. The summed E-state index contributed by atoms with van der Waals surface area (Å²) in [6, 6.07) is 6.60. The summed E-state index contributed by atoms with van der Waals surface area (Å²) in [6.07, 6.45) is 0.0503. The molecule has 6 heteroatoms. The number of hydrogen-bond acceptors (Lipinski definition) is 3. The Morgan fingerprint density at radius 1 is 1.32 bits per heavy atom. The molecule has 1 fully saturated rings. The van der Waals surface area contributed by atoms with E-state index in [4.69, 9.17) is 10.8 Å². The molecule has 1 heterocycles. The Morgan fingerprint density at radius 3 is 2.42 bits per heavy atom. The summed E-state index contributed by atoms with van der Waals surface area (Å²) in [5, 5.41) is 8.88. The first kappa shape index (κ1) is 13.1. The minimum Gasteiger partial charge on any atom is -0.481 e. The van der Waals surface area contributed by atoms with Crippen LogP contribution in [0.25, 0.3) is 0 Å². The number of carboxylic acids is 1. The van der Waals surface area contributed by atoms with Crippen LogP contribution in [0.2, 0.25) is 0 Å². The number of carbonyl (C=O) groups is 3. The van der Waals surface area contributed by atoms with Crippen LogP contribution < -0.4 is 5.73 Å². The number of carboxylic acid groups (broad SMARTS) is 1. The zero-order chi connectivity index (χ0) is 14.0. The molecule has 3 N–H and O–H groups in total. The molecule has 1 aliphatic rings. The molecule has 0 bridgehead atoms. The topological polar surface area (TPSA) is 101 Å². The zero-order valence-corrected chi connectivity index (χ0v) is 10.2. The number of carbonyl (C=O) groups excluding carboxylic acids is 2. The van der Waals surface area contributed by atoms with Crippen LogP contribution in [0, 0.1) is 5.92 Å². The number of nitrogens with two attached hydrogens (primary N) is 1. The normalized spacial score (nSPS) is 18.6. The van der Waals surface area contributed by atoms with E-state index >= 15 is 0 Å². The quantitative estimate of drug-likeness (QED) is 0.810. The van der Waals surface area contributed by atoms with Crippen molar-refractivity contribution in [2.24, 2.45) is 11.7 Å². The smallest absolute Gasteiger partial charge is 0.308 e. The maximum atomic E-state index is 11.7. The molecule has 2 amide bonds. The Bertz CT molecular complexity index is 524. The number of aliphatic carboxylic acids is 1. The van der Waals surface area contributed by atoms with Gasteiger partial charge < -0.3 is 15.7 Å². The summed E-state index contributed by atoms with van der Waals surface area (Å²) in [7, 11) is 0. The number of rotatable bonds is 4. The van der Waals surface area contributed by atoms with E-state index in [9.17, 15) is 14.4 Å². The number of likely N-dealkylation sites (tertiary alicyclic amines) is 1. The molecule has 100 valence electrons. The van der Waals surface area contributed by atoms with Crippen molar-refractivity contribution in [3.8, 4) is 0 Å². The fourth-order valence-electron chi connectivity index (χ4n) is 2.09. The molecule has 19 heavy (non-hydrogen) atoms. The first-order valence-corrected chi connectivity index (χ1v) is 5.86. The van der Waals surface area contributed by atoms with Crippen LogP contribution in [0.5, 0.6) is 0 Å². The van der Waals surface area contributed by atoms with Gasteiger partial charge in [-0.2, -0.15) is 0 Å². The number of primary amides is 1. The first-order valence-electron chi connectivity index (χ1n) is 5.86. The second-order valence-corrected chi connectivity index (χ2v) is 4.57. The summed E-state index contributed by atoms with van der Waals surface area (Å²) >= 11 is 0. The SMILES string of the molecule is NC(=O)c1ccc(CN2CC(C(=O)O)CC2=O)cc1. The van der Waals surface area contributed by atoms with Crippen molar-refractivity contribution in [1.82, 2.24) is 4.90 Å². The van der Waals surface area contributed by atoms with Crippen LogP contribution in [-0.4, -0.2) is 34.3 Å². The largest absolute Gasteiger partial charge is 0.481 e. The van der Waals surface area contributed by atoms with Crippen LogP contribution in [0.4, 0.5) is 0 Å². The zero-order valence-electron chi connectivity index (χ0n) is 10.2.